The number of carbonyl (C=O) groups is 2. The lowest BCUT2D eigenvalue weighted by atomic mass is 9.74. The Morgan fingerprint density at radius 2 is 1.62 bits per heavy atom. The molecule has 0 saturated heterocycles. The van der Waals surface area contributed by atoms with Crippen LogP contribution in [-0.2, 0) is 15.6 Å². The molecule has 0 radical (unpaired) electrons. The van der Waals surface area contributed by atoms with Gasteiger partial charge in [-0.2, -0.15) is 0 Å². The van der Waals surface area contributed by atoms with E-state index in [1.54, 1.807) is 23.1 Å². The van der Waals surface area contributed by atoms with Gasteiger partial charge in [0.2, 0.25) is 5.91 Å². The molecular formula is C27H26ClNO3. The van der Waals surface area contributed by atoms with Gasteiger partial charge in [-0.15, -0.1) is 0 Å². The molecule has 0 fully saturated rings. The van der Waals surface area contributed by atoms with Crippen LogP contribution in [0.1, 0.15) is 60.3 Å². The summed E-state index contributed by atoms with van der Waals surface area (Å²) in [5.74, 6) is -1.10. The highest BCUT2D eigenvalue weighted by molar-refractivity contribution is 6.31. The van der Waals surface area contributed by atoms with Gasteiger partial charge in [0.1, 0.15) is 0 Å². The van der Waals surface area contributed by atoms with Crippen LogP contribution in [0, 0.1) is 6.92 Å². The molecule has 1 atom stereocenters. The van der Waals surface area contributed by atoms with Crippen molar-refractivity contribution in [2.45, 2.75) is 45.4 Å². The number of carboxylic acids is 1. The number of halogens is 1. The number of amides is 1. The van der Waals surface area contributed by atoms with Gasteiger partial charge in [-0.1, -0.05) is 50.6 Å². The maximum Gasteiger partial charge on any atom is 0.335 e. The van der Waals surface area contributed by atoms with E-state index >= 15 is 0 Å². The van der Waals surface area contributed by atoms with Crippen LogP contribution in [0.25, 0.3) is 0 Å². The molecule has 3 aromatic carbocycles. The van der Waals surface area contributed by atoms with Crippen LogP contribution in [-0.4, -0.2) is 17.0 Å². The molecule has 0 spiro atoms. The van der Waals surface area contributed by atoms with E-state index in [4.69, 9.17) is 11.6 Å². The molecule has 3 aromatic rings. The molecule has 1 aliphatic rings. The predicted molar refractivity (Wildman–Crippen MR) is 128 cm³/mol. The van der Waals surface area contributed by atoms with Gasteiger partial charge in [-0.25, -0.2) is 4.79 Å². The van der Waals surface area contributed by atoms with Crippen molar-refractivity contribution in [2.75, 3.05) is 4.90 Å². The summed E-state index contributed by atoms with van der Waals surface area (Å²) >= 11 is 6.36. The van der Waals surface area contributed by atoms with Crippen LogP contribution in [0.2, 0.25) is 5.02 Å². The molecule has 0 bridgehead atoms. The lowest BCUT2D eigenvalue weighted by Crippen LogP contribution is -2.37. The molecule has 4 nitrogen and oxygen atoms in total. The van der Waals surface area contributed by atoms with E-state index in [-0.39, 0.29) is 16.9 Å². The van der Waals surface area contributed by atoms with Gasteiger partial charge in [0.25, 0.3) is 0 Å². The van der Waals surface area contributed by atoms with Crippen LogP contribution in [0.4, 0.5) is 11.4 Å². The molecule has 1 amide bonds. The first-order valence-electron chi connectivity index (χ1n) is 10.5. The number of benzene rings is 3. The van der Waals surface area contributed by atoms with Crippen molar-refractivity contribution in [1.29, 1.82) is 0 Å². The zero-order chi connectivity index (χ0) is 23.4. The number of carboxylic acid groups (broad SMARTS) is 1. The van der Waals surface area contributed by atoms with Gasteiger partial charge < -0.3 is 5.11 Å². The fourth-order valence-electron chi connectivity index (χ4n) is 4.51. The standard InChI is InChI=1S/C27H26ClNO3/c1-16-14-18(26(2,3)4)8-12-21(16)27(5)22-15-19(28)9-13-23(22)29(25(27)32)20-10-6-17(7-11-20)24(30)31/h6-15H,1-5H3,(H,30,31). The molecule has 0 aliphatic carbocycles. The Kier molecular flexibility index (Phi) is 5.17. The number of nitrogens with zero attached hydrogens (tertiary/aromatic N) is 1. The van der Waals surface area contributed by atoms with E-state index in [1.165, 1.54) is 17.7 Å². The molecule has 0 aromatic heterocycles. The average molecular weight is 448 g/mol. The summed E-state index contributed by atoms with van der Waals surface area (Å²) in [5, 5.41) is 9.79. The Morgan fingerprint density at radius 1 is 0.969 bits per heavy atom. The van der Waals surface area contributed by atoms with Crippen LogP contribution in [0.5, 0.6) is 0 Å². The van der Waals surface area contributed by atoms with Crippen molar-refractivity contribution in [1.82, 2.24) is 0 Å². The largest absolute Gasteiger partial charge is 0.478 e. The normalized spacial score (nSPS) is 18.1. The van der Waals surface area contributed by atoms with Crippen molar-refractivity contribution in [3.05, 3.63) is 93.5 Å². The van der Waals surface area contributed by atoms with Crippen molar-refractivity contribution < 1.29 is 14.7 Å². The van der Waals surface area contributed by atoms with Crippen LogP contribution in [0.15, 0.2) is 60.7 Å². The monoisotopic (exact) mass is 447 g/mol. The molecule has 0 saturated carbocycles. The Balaban J connectivity index is 1.90. The summed E-state index contributed by atoms with van der Waals surface area (Å²) in [5.41, 5.74) is 4.65. The molecule has 4 rings (SSSR count). The first kappa shape index (κ1) is 22.1. The van der Waals surface area contributed by atoms with Crippen molar-refractivity contribution in [3.63, 3.8) is 0 Å². The van der Waals surface area contributed by atoms with Gasteiger partial charge >= 0.3 is 5.97 Å². The summed E-state index contributed by atoms with van der Waals surface area (Å²) in [6.07, 6.45) is 0. The van der Waals surface area contributed by atoms with Gasteiger partial charge in [0.15, 0.2) is 0 Å². The van der Waals surface area contributed by atoms with Gasteiger partial charge in [-0.05, 0) is 84.0 Å². The Bertz CT molecular complexity index is 1240. The van der Waals surface area contributed by atoms with Gasteiger partial charge in [0, 0.05) is 10.7 Å². The number of hydrogen-bond donors (Lipinski definition) is 1. The number of rotatable bonds is 3. The zero-order valence-corrected chi connectivity index (χ0v) is 19.6. The van der Waals surface area contributed by atoms with Crippen LogP contribution < -0.4 is 4.90 Å². The summed E-state index contributed by atoms with van der Waals surface area (Å²) in [6.45, 7) is 10.5. The van der Waals surface area contributed by atoms with E-state index in [0.717, 1.165) is 22.4 Å². The predicted octanol–water partition coefficient (Wildman–Crippen LogP) is 6.63. The van der Waals surface area contributed by atoms with Gasteiger partial charge in [0.05, 0.1) is 16.7 Å². The Labute approximate surface area is 193 Å². The third kappa shape index (κ3) is 3.39. The van der Waals surface area contributed by atoms with Crippen LogP contribution >= 0.6 is 11.6 Å². The summed E-state index contributed by atoms with van der Waals surface area (Å²) in [7, 11) is 0. The molecule has 164 valence electrons. The average Bonchev–Trinajstić information content (AvgIpc) is 2.95. The Hall–Kier alpha value is -3.11. The fourth-order valence-corrected chi connectivity index (χ4v) is 4.68. The summed E-state index contributed by atoms with van der Waals surface area (Å²) in [4.78, 5) is 26.9. The number of hydrogen-bond acceptors (Lipinski definition) is 2. The third-order valence-electron chi connectivity index (χ3n) is 6.37. The third-order valence-corrected chi connectivity index (χ3v) is 6.61. The van der Waals surface area contributed by atoms with E-state index in [9.17, 15) is 14.7 Å². The van der Waals surface area contributed by atoms with Crippen molar-refractivity contribution >= 4 is 34.9 Å². The molecular weight excluding hydrogens is 422 g/mol. The quantitative estimate of drug-likeness (QED) is 0.490. The van der Waals surface area contributed by atoms with E-state index in [1.807, 2.05) is 26.0 Å². The second-order valence-electron chi connectivity index (χ2n) is 9.56. The number of aryl methyl sites for hydroxylation is 1. The summed E-state index contributed by atoms with van der Waals surface area (Å²) < 4.78 is 0. The molecule has 1 N–H and O–H groups in total. The summed E-state index contributed by atoms with van der Waals surface area (Å²) in [6, 6.07) is 18.1. The van der Waals surface area contributed by atoms with E-state index < -0.39 is 11.4 Å². The minimum Gasteiger partial charge on any atom is -0.478 e. The van der Waals surface area contributed by atoms with Crippen molar-refractivity contribution in [3.8, 4) is 0 Å². The molecule has 5 heteroatoms. The second-order valence-corrected chi connectivity index (χ2v) is 10.00. The molecule has 1 heterocycles. The minimum absolute atomic E-state index is 0.00299. The topological polar surface area (TPSA) is 57.6 Å². The first-order valence-corrected chi connectivity index (χ1v) is 10.9. The second kappa shape index (κ2) is 7.49. The SMILES string of the molecule is Cc1cc(C(C)(C)C)ccc1C1(C)C(=O)N(c2ccc(C(=O)O)cc2)c2ccc(Cl)cc21. The fraction of sp³-hybridized carbons (Fsp3) is 0.259. The first-order chi connectivity index (χ1) is 14.9. The Morgan fingerprint density at radius 3 is 2.19 bits per heavy atom. The maximum absolute atomic E-state index is 14.0. The molecule has 1 aliphatic heterocycles. The highest BCUT2D eigenvalue weighted by Gasteiger charge is 2.50. The molecule has 32 heavy (non-hydrogen) atoms. The zero-order valence-electron chi connectivity index (χ0n) is 18.9. The highest BCUT2D eigenvalue weighted by atomic mass is 35.5. The minimum atomic E-state index is -1.00. The van der Waals surface area contributed by atoms with Gasteiger partial charge in [-0.3, -0.25) is 9.69 Å². The van der Waals surface area contributed by atoms with Crippen LogP contribution in [0.3, 0.4) is 0 Å². The van der Waals surface area contributed by atoms with E-state index in [0.29, 0.717) is 10.7 Å². The number of carbonyl (C=O) groups excluding carboxylic acids is 1. The number of anilines is 2. The van der Waals surface area contributed by atoms with Crippen molar-refractivity contribution in [2.24, 2.45) is 0 Å². The van der Waals surface area contributed by atoms with E-state index in [2.05, 4.69) is 39.0 Å². The number of aromatic carboxylic acids is 1. The lowest BCUT2D eigenvalue weighted by molar-refractivity contribution is -0.120. The number of fused-ring (bicyclic) bond motifs is 1. The maximum atomic E-state index is 14.0. The smallest absolute Gasteiger partial charge is 0.335 e. The lowest BCUT2D eigenvalue weighted by Gasteiger charge is -2.28. The molecule has 1 unspecified atom stereocenters. The highest BCUT2D eigenvalue weighted by Crippen LogP contribution is 2.50.